The number of nitrogens with one attached hydrogen (secondary N) is 1. The molecule has 19 heavy (non-hydrogen) atoms. The lowest BCUT2D eigenvalue weighted by Crippen LogP contribution is -2.44. The van der Waals surface area contributed by atoms with Crippen molar-refractivity contribution in [2.24, 2.45) is 0 Å². The van der Waals surface area contributed by atoms with Crippen molar-refractivity contribution in [1.29, 1.82) is 0 Å². The highest BCUT2D eigenvalue weighted by Gasteiger charge is 2.10. The summed E-state index contributed by atoms with van der Waals surface area (Å²) in [6.45, 7) is 11.5. The van der Waals surface area contributed by atoms with Gasteiger partial charge >= 0.3 is 0 Å². The summed E-state index contributed by atoms with van der Waals surface area (Å²) in [4.78, 5) is 4.96. The zero-order valence-corrected chi connectivity index (χ0v) is 12.6. The lowest BCUT2D eigenvalue weighted by Gasteiger charge is -2.28. The van der Waals surface area contributed by atoms with Gasteiger partial charge in [0.25, 0.3) is 0 Å². The van der Waals surface area contributed by atoms with Gasteiger partial charge in [0, 0.05) is 45.5 Å². The molecule has 1 heterocycles. The van der Waals surface area contributed by atoms with E-state index in [-0.39, 0.29) is 0 Å². The molecular weight excluding hydrogens is 234 g/mol. The summed E-state index contributed by atoms with van der Waals surface area (Å²) in [6.07, 6.45) is 1.24. The van der Waals surface area contributed by atoms with E-state index in [1.165, 1.54) is 42.9 Å². The van der Waals surface area contributed by atoms with Crippen LogP contribution in [0.1, 0.15) is 17.5 Å². The Morgan fingerprint density at radius 2 is 1.95 bits per heavy atom. The fraction of sp³-hybridized carbons (Fsp3) is 0.625. The minimum absolute atomic E-state index is 1.13. The largest absolute Gasteiger partial charge is 0.374 e. The highest BCUT2D eigenvalue weighted by atomic mass is 15.2. The first-order valence-corrected chi connectivity index (χ1v) is 7.39. The Morgan fingerprint density at radius 3 is 2.68 bits per heavy atom. The first-order valence-electron chi connectivity index (χ1n) is 7.39. The fourth-order valence-corrected chi connectivity index (χ4v) is 2.74. The van der Waals surface area contributed by atoms with Crippen LogP contribution < -0.4 is 10.2 Å². The minimum Gasteiger partial charge on any atom is -0.374 e. The highest BCUT2D eigenvalue weighted by Crippen LogP contribution is 2.21. The van der Waals surface area contributed by atoms with Gasteiger partial charge in [0.15, 0.2) is 0 Å². The molecule has 1 fully saturated rings. The number of hydrogen-bond donors (Lipinski definition) is 1. The normalized spacial score (nSPS) is 16.6. The quantitative estimate of drug-likeness (QED) is 0.875. The summed E-state index contributed by atoms with van der Waals surface area (Å²) in [5.41, 5.74) is 4.17. The SMILES string of the molecule is Cc1cccc(N(C)CCCN2CCNCC2)c1C. The Kier molecular flexibility index (Phi) is 5.23. The third-order valence-corrected chi connectivity index (χ3v) is 4.16. The molecule has 0 bridgehead atoms. The van der Waals surface area contributed by atoms with Crippen molar-refractivity contribution in [3.05, 3.63) is 29.3 Å². The molecule has 0 aliphatic carbocycles. The molecule has 1 saturated heterocycles. The maximum absolute atomic E-state index is 3.40. The van der Waals surface area contributed by atoms with Crippen LogP contribution in [0.5, 0.6) is 0 Å². The van der Waals surface area contributed by atoms with Crippen LogP contribution in [0.2, 0.25) is 0 Å². The summed E-state index contributed by atoms with van der Waals surface area (Å²) in [6, 6.07) is 6.57. The van der Waals surface area contributed by atoms with Gasteiger partial charge in [-0.2, -0.15) is 0 Å². The average Bonchev–Trinajstić information content (AvgIpc) is 2.43. The molecule has 3 heteroatoms. The highest BCUT2D eigenvalue weighted by molar-refractivity contribution is 5.55. The van der Waals surface area contributed by atoms with Crippen LogP contribution in [0.15, 0.2) is 18.2 Å². The maximum atomic E-state index is 3.40. The van der Waals surface area contributed by atoms with Crippen molar-refractivity contribution in [1.82, 2.24) is 10.2 Å². The lowest BCUT2D eigenvalue weighted by molar-refractivity contribution is 0.239. The molecule has 2 rings (SSSR count). The van der Waals surface area contributed by atoms with E-state index in [1.807, 2.05) is 0 Å². The molecule has 1 aromatic carbocycles. The molecule has 0 aromatic heterocycles. The van der Waals surface area contributed by atoms with Gasteiger partial charge < -0.3 is 15.1 Å². The number of hydrogen-bond acceptors (Lipinski definition) is 3. The summed E-state index contributed by atoms with van der Waals surface area (Å²) >= 11 is 0. The summed E-state index contributed by atoms with van der Waals surface area (Å²) < 4.78 is 0. The summed E-state index contributed by atoms with van der Waals surface area (Å²) in [5, 5.41) is 3.40. The van der Waals surface area contributed by atoms with Crippen LogP contribution in [-0.4, -0.2) is 51.2 Å². The minimum atomic E-state index is 1.13. The molecule has 1 N–H and O–H groups in total. The van der Waals surface area contributed by atoms with Gasteiger partial charge in [0.2, 0.25) is 0 Å². The van der Waals surface area contributed by atoms with Crippen molar-refractivity contribution in [2.45, 2.75) is 20.3 Å². The topological polar surface area (TPSA) is 18.5 Å². The standard InChI is InChI=1S/C16H27N3/c1-14-6-4-7-16(15(14)2)18(3)10-5-11-19-12-8-17-9-13-19/h4,6-7,17H,5,8-13H2,1-3H3. The van der Waals surface area contributed by atoms with Gasteiger partial charge in [-0.3, -0.25) is 0 Å². The third kappa shape index (κ3) is 3.95. The van der Waals surface area contributed by atoms with Crippen molar-refractivity contribution in [3.63, 3.8) is 0 Å². The molecule has 1 aromatic rings. The van der Waals surface area contributed by atoms with Crippen molar-refractivity contribution < 1.29 is 0 Å². The van der Waals surface area contributed by atoms with Crippen LogP contribution in [0, 0.1) is 13.8 Å². The Labute approximate surface area is 117 Å². The second-order valence-corrected chi connectivity index (χ2v) is 5.59. The number of piperazine rings is 1. The molecule has 0 spiro atoms. The van der Waals surface area contributed by atoms with E-state index in [0.29, 0.717) is 0 Å². The monoisotopic (exact) mass is 261 g/mol. The first kappa shape index (κ1) is 14.4. The second-order valence-electron chi connectivity index (χ2n) is 5.59. The number of benzene rings is 1. The molecule has 1 aliphatic heterocycles. The Hall–Kier alpha value is -1.06. The van der Waals surface area contributed by atoms with Gasteiger partial charge in [0.1, 0.15) is 0 Å². The number of nitrogens with zero attached hydrogens (tertiary/aromatic N) is 2. The van der Waals surface area contributed by atoms with E-state index in [4.69, 9.17) is 0 Å². The zero-order valence-electron chi connectivity index (χ0n) is 12.6. The van der Waals surface area contributed by atoms with Crippen molar-refractivity contribution in [2.75, 3.05) is 51.2 Å². The summed E-state index contributed by atoms with van der Waals surface area (Å²) in [7, 11) is 2.21. The van der Waals surface area contributed by atoms with Crippen molar-refractivity contribution >= 4 is 5.69 Å². The van der Waals surface area contributed by atoms with Gasteiger partial charge in [-0.15, -0.1) is 0 Å². The van der Waals surface area contributed by atoms with E-state index in [0.717, 1.165) is 19.6 Å². The molecule has 3 nitrogen and oxygen atoms in total. The second kappa shape index (κ2) is 6.92. The average molecular weight is 261 g/mol. The predicted octanol–water partition coefficient (Wildman–Crippen LogP) is 2.03. The van der Waals surface area contributed by atoms with Crippen molar-refractivity contribution in [3.8, 4) is 0 Å². The molecule has 106 valence electrons. The third-order valence-electron chi connectivity index (χ3n) is 4.16. The maximum Gasteiger partial charge on any atom is 0.0395 e. The number of anilines is 1. The Balaban J connectivity index is 1.80. The van der Waals surface area contributed by atoms with E-state index in [9.17, 15) is 0 Å². The van der Waals surface area contributed by atoms with Crippen LogP contribution in [0.25, 0.3) is 0 Å². The van der Waals surface area contributed by atoms with Crippen LogP contribution >= 0.6 is 0 Å². The van der Waals surface area contributed by atoms with Crippen LogP contribution in [-0.2, 0) is 0 Å². The van der Waals surface area contributed by atoms with Gasteiger partial charge in [-0.25, -0.2) is 0 Å². The smallest absolute Gasteiger partial charge is 0.0395 e. The van der Waals surface area contributed by atoms with E-state index in [2.05, 4.69) is 54.2 Å². The van der Waals surface area contributed by atoms with Gasteiger partial charge in [-0.1, -0.05) is 12.1 Å². The van der Waals surface area contributed by atoms with Crippen LogP contribution in [0.4, 0.5) is 5.69 Å². The van der Waals surface area contributed by atoms with E-state index >= 15 is 0 Å². The molecule has 0 unspecified atom stereocenters. The van der Waals surface area contributed by atoms with Crippen LogP contribution in [0.3, 0.4) is 0 Å². The predicted molar refractivity (Wildman–Crippen MR) is 83.1 cm³/mol. The summed E-state index contributed by atoms with van der Waals surface area (Å²) in [5.74, 6) is 0. The van der Waals surface area contributed by atoms with Gasteiger partial charge in [0.05, 0.1) is 0 Å². The molecule has 0 radical (unpaired) electrons. The van der Waals surface area contributed by atoms with E-state index in [1.54, 1.807) is 0 Å². The zero-order chi connectivity index (χ0) is 13.7. The van der Waals surface area contributed by atoms with Gasteiger partial charge in [-0.05, 0) is 44.0 Å². The number of aryl methyl sites for hydroxylation is 1. The molecule has 0 atom stereocenters. The lowest BCUT2D eigenvalue weighted by atomic mass is 10.1. The fourth-order valence-electron chi connectivity index (χ4n) is 2.74. The molecule has 0 saturated carbocycles. The van der Waals surface area contributed by atoms with E-state index < -0.39 is 0 Å². The Morgan fingerprint density at radius 1 is 1.21 bits per heavy atom. The number of rotatable bonds is 5. The molecule has 1 aliphatic rings. The first-order chi connectivity index (χ1) is 9.18. The Bertz CT molecular complexity index is 397. The molecular formula is C16H27N3. The molecule has 0 amide bonds.